The van der Waals surface area contributed by atoms with Crippen molar-refractivity contribution in [2.45, 2.75) is 56.1 Å². The zero-order valence-electron chi connectivity index (χ0n) is 13.5. The van der Waals surface area contributed by atoms with Gasteiger partial charge in [-0.25, -0.2) is 9.78 Å². The highest BCUT2D eigenvalue weighted by molar-refractivity contribution is 5.90. The molecule has 7 nitrogen and oxygen atoms in total. The van der Waals surface area contributed by atoms with Crippen molar-refractivity contribution in [1.29, 1.82) is 0 Å². The SMILES string of the molecule is CC12CC(c3cn4cc(C(=O)O)c(OC5CCC5)nc4n3)(CO1)C2. The number of ether oxygens (including phenoxy) is 2. The average molecular weight is 329 g/mol. The molecule has 7 heteroatoms. The Balaban J connectivity index is 1.55. The van der Waals surface area contributed by atoms with Crippen LogP contribution in [0.3, 0.4) is 0 Å². The van der Waals surface area contributed by atoms with Gasteiger partial charge in [0.2, 0.25) is 11.7 Å². The second-order valence-corrected chi connectivity index (χ2v) is 7.64. The minimum Gasteiger partial charge on any atom is -0.477 e. The molecular formula is C17H19N3O4. The van der Waals surface area contributed by atoms with Crippen molar-refractivity contribution in [2.24, 2.45) is 0 Å². The molecule has 2 aliphatic heterocycles. The van der Waals surface area contributed by atoms with Gasteiger partial charge in [-0.3, -0.25) is 4.40 Å². The van der Waals surface area contributed by atoms with Gasteiger partial charge in [0.25, 0.3) is 0 Å². The maximum atomic E-state index is 11.6. The van der Waals surface area contributed by atoms with E-state index < -0.39 is 5.97 Å². The van der Waals surface area contributed by atoms with Crippen LogP contribution in [0.5, 0.6) is 5.88 Å². The first-order chi connectivity index (χ1) is 11.5. The largest absolute Gasteiger partial charge is 0.477 e. The highest BCUT2D eigenvalue weighted by Crippen LogP contribution is 2.58. The van der Waals surface area contributed by atoms with Crippen LogP contribution in [0.4, 0.5) is 0 Å². The molecule has 1 N–H and O–H groups in total. The second kappa shape index (κ2) is 4.47. The predicted molar refractivity (Wildman–Crippen MR) is 83.5 cm³/mol. The number of carbonyl (C=O) groups is 1. The van der Waals surface area contributed by atoms with E-state index in [1.54, 1.807) is 10.6 Å². The summed E-state index contributed by atoms with van der Waals surface area (Å²) in [5.74, 6) is -0.373. The van der Waals surface area contributed by atoms with Gasteiger partial charge in [-0.1, -0.05) is 0 Å². The summed E-state index contributed by atoms with van der Waals surface area (Å²) in [5.41, 5.74) is 0.952. The van der Waals surface area contributed by atoms with Gasteiger partial charge in [-0.15, -0.1) is 0 Å². The quantitative estimate of drug-likeness (QED) is 0.925. The Bertz CT molecular complexity index is 849. The molecule has 2 aromatic rings. The van der Waals surface area contributed by atoms with E-state index >= 15 is 0 Å². The van der Waals surface area contributed by atoms with Crippen molar-refractivity contribution in [3.63, 3.8) is 0 Å². The lowest BCUT2D eigenvalue weighted by atomic mass is 9.62. The zero-order chi connectivity index (χ0) is 16.5. The third-order valence-electron chi connectivity index (χ3n) is 5.64. The molecule has 24 heavy (non-hydrogen) atoms. The number of aromatic nitrogens is 3. The molecule has 4 fully saturated rings. The molecule has 2 aromatic heterocycles. The number of hydrogen-bond donors (Lipinski definition) is 1. The van der Waals surface area contributed by atoms with Gasteiger partial charge in [0, 0.05) is 17.8 Å². The molecule has 0 spiro atoms. The van der Waals surface area contributed by atoms with Crippen molar-refractivity contribution in [2.75, 3.05) is 6.61 Å². The van der Waals surface area contributed by atoms with Crippen LogP contribution < -0.4 is 4.74 Å². The van der Waals surface area contributed by atoms with Crippen molar-refractivity contribution < 1.29 is 19.4 Å². The molecule has 0 atom stereocenters. The summed E-state index contributed by atoms with van der Waals surface area (Å²) in [4.78, 5) is 20.6. The molecule has 4 heterocycles. The van der Waals surface area contributed by atoms with Gasteiger partial charge in [-0.05, 0) is 39.0 Å². The Morgan fingerprint density at radius 1 is 1.38 bits per heavy atom. The van der Waals surface area contributed by atoms with Crippen LogP contribution in [0.1, 0.15) is 55.1 Å². The van der Waals surface area contributed by atoms with Gasteiger partial charge in [-0.2, -0.15) is 4.98 Å². The third kappa shape index (κ3) is 1.90. The number of carboxylic acids is 1. The van der Waals surface area contributed by atoms with Crippen LogP contribution in [0.15, 0.2) is 12.4 Å². The van der Waals surface area contributed by atoms with E-state index in [1.807, 2.05) is 6.20 Å². The number of hydrogen-bond acceptors (Lipinski definition) is 5. The molecule has 2 bridgehead atoms. The maximum absolute atomic E-state index is 11.6. The summed E-state index contributed by atoms with van der Waals surface area (Å²) in [6, 6.07) is 0. The van der Waals surface area contributed by atoms with Gasteiger partial charge in [0.15, 0.2) is 0 Å². The first-order valence-electron chi connectivity index (χ1n) is 8.41. The van der Waals surface area contributed by atoms with Crippen LogP contribution in [0.2, 0.25) is 0 Å². The number of nitrogens with zero attached hydrogens (tertiary/aromatic N) is 3. The van der Waals surface area contributed by atoms with Gasteiger partial charge in [0.1, 0.15) is 11.7 Å². The number of rotatable bonds is 4. The highest BCUT2D eigenvalue weighted by Gasteiger charge is 2.61. The molecule has 2 saturated heterocycles. The Kier molecular flexibility index (Phi) is 2.65. The van der Waals surface area contributed by atoms with Crippen LogP contribution in [0, 0.1) is 0 Å². The van der Waals surface area contributed by atoms with E-state index in [4.69, 9.17) is 9.47 Å². The number of carboxylic acid groups (broad SMARTS) is 1. The summed E-state index contributed by atoms with van der Waals surface area (Å²) in [7, 11) is 0. The molecular weight excluding hydrogens is 310 g/mol. The first kappa shape index (κ1) is 14.2. The van der Waals surface area contributed by atoms with E-state index in [2.05, 4.69) is 16.9 Å². The first-order valence-corrected chi connectivity index (χ1v) is 8.41. The van der Waals surface area contributed by atoms with Crippen molar-refractivity contribution >= 4 is 11.7 Å². The van der Waals surface area contributed by atoms with Crippen LogP contribution in [-0.4, -0.2) is 43.8 Å². The maximum Gasteiger partial charge on any atom is 0.342 e. The van der Waals surface area contributed by atoms with E-state index in [1.165, 1.54) is 0 Å². The Morgan fingerprint density at radius 2 is 2.17 bits per heavy atom. The minimum absolute atomic E-state index is 0.0199. The zero-order valence-corrected chi connectivity index (χ0v) is 13.5. The molecule has 6 rings (SSSR count). The van der Waals surface area contributed by atoms with Crippen LogP contribution >= 0.6 is 0 Å². The van der Waals surface area contributed by atoms with Crippen molar-refractivity contribution in [3.8, 4) is 5.88 Å². The fraction of sp³-hybridized carbons (Fsp3) is 0.588. The molecule has 2 saturated carbocycles. The molecule has 0 radical (unpaired) electrons. The molecule has 0 amide bonds. The highest BCUT2D eigenvalue weighted by atomic mass is 16.5. The van der Waals surface area contributed by atoms with E-state index in [0.29, 0.717) is 12.4 Å². The summed E-state index contributed by atoms with van der Waals surface area (Å²) in [6.07, 6.45) is 8.44. The molecule has 126 valence electrons. The second-order valence-electron chi connectivity index (χ2n) is 7.64. The summed E-state index contributed by atoms with van der Waals surface area (Å²) in [6.45, 7) is 2.80. The third-order valence-corrected chi connectivity index (χ3v) is 5.64. The summed E-state index contributed by atoms with van der Waals surface area (Å²) >= 11 is 0. The Hall–Kier alpha value is -2.15. The fourth-order valence-electron chi connectivity index (χ4n) is 4.20. The molecule has 2 aliphatic carbocycles. The lowest BCUT2D eigenvalue weighted by Crippen LogP contribution is -2.45. The summed E-state index contributed by atoms with van der Waals surface area (Å²) < 4.78 is 13.3. The summed E-state index contributed by atoms with van der Waals surface area (Å²) in [5, 5.41) is 9.47. The minimum atomic E-state index is -1.03. The normalized spacial score (nSPS) is 31.7. The van der Waals surface area contributed by atoms with Crippen LogP contribution in [-0.2, 0) is 10.2 Å². The monoisotopic (exact) mass is 329 g/mol. The smallest absolute Gasteiger partial charge is 0.342 e. The van der Waals surface area contributed by atoms with Gasteiger partial charge < -0.3 is 14.6 Å². The topological polar surface area (TPSA) is 86.0 Å². The van der Waals surface area contributed by atoms with Gasteiger partial charge in [0.05, 0.1) is 17.9 Å². The number of aromatic carboxylic acids is 1. The van der Waals surface area contributed by atoms with Gasteiger partial charge >= 0.3 is 5.97 Å². The Labute approximate surface area is 138 Å². The lowest BCUT2D eigenvalue weighted by Gasteiger charge is -2.41. The molecule has 0 unspecified atom stereocenters. The van der Waals surface area contributed by atoms with Crippen LogP contribution in [0.25, 0.3) is 5.78 Å². The lowest BCUT2D eigenvalue weighted by molar-refractivity contribution is 0.0154. The fourth-order valence-corrected chi connectivity index (χ4v) is 4.20. The van der Waals surface area contributed by atoms with E-state index in [0.717, 1.165) is 37.8 Å². The number of imidazole rings is 1. The van der Waals surface area contributed by atoms with Crippen molar-refractivity contribution in [3.05, 3.63) is 23.7 Å². The predicted octanol–water partition coefficient (Wildman–Crippen LogP) is 2.18. The molecule has 0 aromatic carbocycles. The van der Waals surface area contributed by atoms with Crippen molar-refractivity contribution in [1.82, 2.24) is 14.4 Å². The average Bonchev–Trinajstić information content (AvgIpc) is 3.11. The Morgan fingerprint density at radius 3 is 2.75 bits per heavy atom. The van der Waals surface area contributed by atoms with E-state index in [-0.39, 0.29) is 28.6 Å². The number of fused-ring (bicyclic) bond motifs is 2. The molecule has 4 aliphatic rings. The standard InChI is InChI=1S/C17H19N3O4/c1-16-7-17(8-16,9-23-16)12-6-20-5-11(14(21)22)13(19-15(20)18-12)24-10-3-2-4-10/h5-6,10H,2-4,7-9H2,1H3,(H,21,22). The van der Waals surface area contributed by atoms with E-state index in [9.17, 15) is 9.90 Å².